The third-order valence-electron chi connectivity index (χ3n) is 2.53. The summed E-state index contributed by atoms with van der Waals surface area (Å²) in [5.41, 5.74) is 5.35. The van der Waals surface area contributed by atoms with Crippen molar-refractivity contribution in [1.82, 2.24) is 0 Å². The number of benzene rings is 1. The highest BCUT2D eigenvalue weighted by atomic mass is 79.9. The van der Waals surface area contributed by atoms with Crippen LogP contribution in [0.5, 0.6) is 0 Å². The predicted octanol–water partition coefficient (Wildman–Crippen LogP) is 4.58. The van der Waals surface area contributed by atoms with E-state index < -0.39 is 17.8 Å². The Morgan fingerprint density at radius 2 is 1.83 bits per heavy atom. The molecule has 0 aliphatic carbocycles. The standard InChI is InChI=1S/C12H9BrF3NS/c13-9-5-6-18-11(9)10(17)7-3-1-2-4-8(7)12(14,15)16/h1-6,10H,17H2. The molecular weight excluding hydrogens is 327 g/mol. The van der Waals surface area contributed by atoms with Crippen LogP contribution < -0.4 is 5.73 Å². The first-order valence-electron chi connectivity index (χ1n) is 5.06. The number of hydrogen-bond donors (Lipinski definition) is 1. The van der Waals surface area contributed by atoms with E-state index in [1.54, 1.807) is 17.5 Å². The fourth-order valence-electron chi connectivity index (χ4n) is 1.69. The van der Waals surface area contributed by atoms with Crippen molar-refractivity contribution in [2.24, 2.45) is 5.73 Å². The lowest BCUT2D eigenvalue weighted by atomic mass is 9.99. The van der Waals surface area contributed by atoms with Gasteiger partial charge in [-0.15, -0.1) is 11.3 Å². The Labute approximate surface area is 115 Å². The molecule has 0 saturated carbocycles. The van der Waals surface area contributed by atoms with Gasteiger partial charge in [0.1, 0.15) is 0 Å². The van der Waals surface area contributed by atoms with E-state index in [1.807, 2.05) is 0 Å². The Bertz CT molecular complexity index is 550. The third-order valence-corrected chi connectivity index (χ3v) is 4.48. The number of thiophene rings is 1. The summed E-state index contributed by atoms with van der Waals surface area (Å²) in [5, 5.41) is 1.79. The molecule has 1 aromatic heterocycles. The molecule has 0 radical (unpaired) electrons. The molecule has 0 aliphatic rings. The Kier molecular flexibility index (Phi) is 3.79. The first kappa shape index (κ1) is 13.6. The number of rotatable bonds is 2. The van der Waals surface area contributed by atoms with Gasteiger partial charge in [-0.3, -0.25) is 0 Å². The molecule has 18 heavy (non-hydrogen) atoms. The van der Waals surface area contributed by atoms with E-state index in [0.29, 0.717) is 4.88 Å². The van der Waals surface area contributed by atoms with Gasteiger partial charge >= 0.3 is 6.18 Å². The molecule has 1 heterocycles. The third kappa shape index (κ3) is 2.60. The predicted molar refractivity (Wildman–Crippen MR) is 69.5 cm³/mol. The van der Waals surface area contributed by atoms with Gasteiger partial charge in [0.2, 0.25) is 0 Å². The number of alkyl halides is 3. The van der Waals surface area contributed by atoms with Gasteiger partial charge in [0.05, 0.1) is 11.6 Å². The quantitative estimate of drug-likeness (QED) is 0.854. The minimum absolute atomic E-state index is 0.0909. The maximum Gasteiger partial charge on any atom is 0.416 e. The molecule has 6 heteroatoms. The summed E-state index contributed by atoms with van der Waals surface area (Å²) < 4.78 is 39.4. The monoisotopic (exact) mass is 335 g/mol. The minimum atomic E-state index is -4.39. The summed E-state index contributed by atoms with van der Waals surface area (Å²) in [6.07, 6.45) is -4.39. The van der Waals surface area contributed by atoms with Crippen LogP contribution in [0, 0.1) is 0 Å². The molecule has 0 aliphatic heterocycles. The summed E-state index contributed by atoms with van der Waals surface area (Å²) >= 11 is 4.62. The van der Waals surface area contributed by atoms with Gasteiger partial charge in [0.15, 0.2) is 0 Å². The van der Waals surface area contributed by atoms with Crippen molar-refractivity contribution < 1.29 is 13.2 Å². The summed E-state index contributed by atoms with van der Waals surface area (Å²) in [6.45, 7) is 0. The molecule has 2 aromatic rings. The Balaban J connectivity index is 2.49. The molecule has 0 spiro atoms. The molecular formula is C12H9BrF3NS. The van der Waals surface area contributed by atoms with Gasteiger partial charge in [0, 0.05) is 9.35 Å². The second-order valence-electron chi connectivity index (χ2n) is 3.70. The molecule has 96 valence electrons. The smallest absolute Gasteiger partial charge is 0.320 e. The first-order chi connectivity index (χ1) is 8.41. The Morgan fingerprint density at radius 3 is 2.39 bits per heavy atom. The highest BCUT2D eigenvalue weighted by molar-refractivity contribution is 9.10. The van der Waals surface area contributed by atoms with Gasteiger partial charge in [-0.1, -0.05) is 18.2 Å². The summed E-state index contributed by atoms with van der Waals surface area (Å²) in [7, 11) is 0. The fourth-order valence-corrected chi connectivity index (χ4v) is 3.33. The van der Waals surface area contributed by atoms with Crippen LogP contribution in [0.1, 0.15) is 22.0 Å². The Morgan fingerprint density at radius 1 is 1.17 bits per heavy atom. The van der Waals surface area contributed by atoms with E-state index in [2.05, 4.69) is 15.9 Å². The van der Waals surface area contributed by atoms with Crippen LogP contribution in [0.3, 0.4) is 0 Å². The van der Waals surface area contributed by atoms with E-state index >= 15 is 0 Å². The van der Waals surface area contributed by atoms with Crippen molar-refractivity contribution in [3.8, 4) is 0 Å². The lowest BCUT2D eigenvalue weighted by Crippen LogP contribution is -2.17. The number of hydrogen-bond acceptors (Lipinski definition) is 2. The summed E-state index contributed by atoms with van der Waals surface area (Å²) in [6, 6.07) is 6.39. The fraction of sp³-hybridized carbons (Fsp3) is 0.167. The van der Waals surface area contributed by atoms with Crippen LogP contribution in [-0.2, 0) is 6.18 Å². The zero-order valence-corrected chi connectivity index (χ0v) is 11.4. The highest BCUT2D eigenvalue weighted by Gasteiger charge is 2.34. The van der Waals surface area contributed by atoms with Crippen molar-refractivity contribution in [2.75, 3.05) is 0 Å². The molecule has 2 rings (SSSR count). The minimum Gasteiger partial charge on any atom is -0.320 e. The largest absolute Gasteiger partial charge is 0.416 e. The maximum absolute atomic E-state index is 12.9. The molecule has 2 N–H and O–H groups in total. The van der Waals surface area contributed by atoms with Crippen molar-refractivity contribution in [1.29, 1.82) is 0 Å². The van der Waals surface area contributed by atoms with E-state index in [0.717, 1.165) is 10.5 Å². The van der Waals surface area contributed by atoms with E-state index in [4.69, 9.17) is 5.73 Å². The first-order valence-corrected chi connectivity index (χ1v) is 6.73. The van der Waals surface area contributed by atoms with Crippen molar-refractivity contribution >= 4 is 27.3 Å². The van der Waals surface area contributed by atoms with E-state index in [9.17, 15) is 13.2 Å². The second kappa shape index (κ2) is 5.03. The normalized spacial score (nSPS) is 13.6. The zero-order chi connectivity index (χ0) is 13.3. The van der Waals surface area contributed by atoms with Gasteiger partial charge in [-0.25, -0.2) is 0 Å². The molecule has 1 atom stereocenters. The van der Waals surface area contributed by atoms with E-state index in [1.165, 1.54) is 23.5 Å². The van der Waals surface area contributed by atoms with Gasteiger partial charge in [-0.05, 0) is 39.0 Å². The van der Waals surface area contributed by atoms with E-state index in [-0.39, 0.29) is 5.56 Å². The van der Waals surface area contributed by atoms with Gasteiger partial charge < -0.3 is 5.73 Å². The van der Waals surface area contributed by atoms with Crippen LogP contribution in [0.15, 0.2) is 40.2 Å². The van der Waals surface area contributed by atoms with Crippen LogP contribution in [0.4, 0.5) is 13.2 Å². The lowest BCUT2D eigenvalue weighted by Gasteiger charge is -2.17. The van der Waals surface area contributed by atoms with Crippen LogP contribution in [-0.4, -0.2) is 0 Å². The maximum atomic E-state index is 12.9. The second-order valence-corrected chi connectivity index (χ2v) is 5.50. The van der Waals surface area contributed by atoms with Crippen molar-refractivity contribution in [2.45, 2.75) is 12.2 Å². The SMILES string of the molecule is NC(c1ccccc1C(F)(F)F)c1sccc1Br. The highest BCUT2D eigenvalue weighted by Crippen LogP contribution is 2.38. The number of halogens is 4. The van der Waals surface area contributed by atoms with Crippen LogP contribution in [0.2, 0.25) is 0 Å². The lowest BCUT2D eigenvalue weighted by molar-refractivity contribution is -0.138. The number of nitrogens with two attached hydrogens (primary N) is 1. The average Bonchev–Trinajstić information content (AvgIpc) is 2.73. The topological polar surface area (TPSA) is 26.0 Å². The van der Waals surface area contributed by atoms with Gasteiger partial charge in [-0.2, -0.15) is 13.2 Å². The molecule has 1 aromatic carbocycles. The summed E-state index contributed by atoms with van der Waals surface area (Å²) in [4.78, 5) is 0.687. The van der Waals surface area contributed by atoms with Crippen molar-refractivity contribution in [3.63, 3.8) is 0 Å². The molecule has 0 bridgehead atoms. The molecule has 0 saturated heterocycles. The summed E-state index contributed by atoms with van der Waals surface area (Å²) in [5.74, 6) is 0. The molecule has 0 fully saturated rings. The molecule has 0 amide bonds. The zero-order valence-electron chi connectivity index (χ0n) is 9.04. The van der Waals surface area contributed by atoms with Crippen molar-refractivity contribution in [3.05, 3.63) is 56.2 Å². The average molecular weight is 336 g/mol. The Hall–Kier alpha value is -0.850. The van der Waals surface area contributed by atoms with Crippen LogP contribution in [0.25, 0.3) is 0 Å². The molecule has 1 unspecified atom stereocenters. The molecule has 1 nitrogen and oxygen atoms in total. The van der Waals surface area contributed by atoms with Crippen LogP contribution >= 0.6 is 27.3 Å². The van der Waals surface area contributed by atoms with Gasteiger partial charge in [0.25, 0.3) is 0 Å².